The summed E-state index contributed by atoms with van der Waals surface area (Å²) in [5, 5.41) is 7.36. The fourth-order valence-electron chi connectivity index (χ4n) is 3.77. The summed E-state index contributed by atoms with van der Waals surface area (Å²) in [6, 6.07) is 10.8. The third-order valence-electron chi connectivity index (χ3n) is 5.41. The maximum absolute atomic E-state index is 13.3. The highest BCUT2D eigenvalue weighted by Crippen LogP contribution is 2.44. The summed E-state index contributed by atoms with van der Waals surface area (Å²) in [6.07, 6.45) is -2.63. The van der Waals surface area contributed by atoms with Gasteiger partial charge in [-0.3, -0.25) is 4.72 Å². The second-order valence-corrected chi connectivity index (χ2v) is 9.38. The minimum absolute atomic E-state index is 0.0495. The summed E-state index contributed by atoms with van der Waals surface area (Å²) in [4.78, 5) is -0.0495. The first-order chi connectivity index (χ1) is 16.7. The van der Waals surface area contributed by atoms with Gasteiger partial charge in [-0.25, -0.2) is 8.42 Å². The second-order valence-electron chi connectivity index (χ2n) is 7.70. The predicted molar refractivity (Wildman–Crippen MR) is 120 cm³/mol. The van der Waals surface area contributed by atoms with E-state index in [1.54, 1.807) is 12.1 Å². The molecule has 0 saturated heterocycles. The molecule has 1 aliphatic rings. The second kappa shape index (κ2) is 10.1. The molecule has 0 saturated carbocycles. The zero-order valence-electron chi connectivity index (χ0n) is 18.6. The van der Waals surface area contributed by atoms with Gasteiger partial charge in [-0.05, 0) is 36.8 Å². The summed E-state index contributed by atoms with van der Waals surface area (Å²) >= 11 is 0. The zero-order chi connectivity index (χ0) is 25.1. The molecule has 1 atom stereocenters. The number of halogens is 3. The Balaban J connectivity index is 1.68. The Hall–Kier alpha value is -3.38. The van der Waals surface area contributed by atoms with Crippen LogP contribution >= 0.6 is 0 Å². The van der Waals surface area contributed by atoms with Crippen molar-refractivity contribution >= 4 is 15.8 Å². The van der Waals surface area contributed by atoms with Gasteiger partial charge in [0.15, 0.2) is 5.82 Å². The van der Waals surface area contributed by atoms with E-state index in [1.807, 2.05) is 0 Å². The van der Waals surface area contributed by atoms with Gasteiger partial charge < -0.3 is 14.2 Å². The Morgan fingerprint density at radius 2 is 1.91 bits per heavy atom. The summed E-state index contributed by atoms with van der Waals surface area (Å²) in [5.41, 5.74) is 0.371. The van der Waals surface area contributed by atoms with Crippen LogP contribution in [0, 0.1) is 0 Å². The van der Waals surface area contributed by atoms with E-state index < -0.39 is 21.8 Å². The van der Waals surface area contributed by atoms with E-state index in [0.29, 0.717) is 23.3 Å². The number of sulfonamides is 1. The fourth-order valence-corrected chi connectivity index (χ4v) is 4.78. The van der Waals surface area contributed by atoms with Crippen molar-refractivity contribution in [3.8, 4) is 11.5 Å². The van der Waals surface area contributed by atoms with Crippen molar-refractivity contribution in [2.45, 2.75) is 23.4 Å². The van der Waals surface area contributed by atoms with Crippen molar-refractivity contribution in [2.24, 2.45) is 0 Å². The molecule has 1 aromatic heterocycles. The van der Waals surface area contributed by atoms with Gasteiger partial charge in [0.05, 0.1) is 23.7 Å². The fraction of sp³-hybridized carbons (Fsp3) is 0.304. The highest BCUT2D eigenvalue weighted by molar-refractivity contribution is 7.92. The molecule has 3 aromatic rings. The maximum atomic E-state index is 13.3. The number of fused-ring (bicyclic) bond motifs is 1. The van der Waals surface area contributed by atoms with Gasteiger partial charge >= 0.3 is 6.18 Å². The Kier molecular flexibility index (Phi) is 7.13. The average molecular weight is 510 g/mol. The van der Waals surface area contributed by atoms with Gasteiger partial charge in [0.2, 0.25) is 0 Å². The number of aromatic nitrogens is 2. The topological polar surface area (TPSA) is 99.6 Å². The third kappa shape index (κ3) is 5.65. The number of hydrogen-bond acceptors (Lipinski definition) is 7. The lowest BCUT2D eigenvalue weighted by Gasteiger charge is -2.28. The molecule has 2 aromatic carbocycles. The number of benzene rings is 2. The largest absolute Gasteiger partial charge is 0.493 e. The summed E-state index contributed by atoms with van der Waals surface area (Å²) in [5.74, 6) is 0.122. The van der Waals surface area contributed by atoms with Crippen LogP contribution in [0.25, 0.3) is 0 Å². The van der Waals surface area contributed by atoms with Crippen LogP contribution in [0.4, 0.5) is 19.0 Å². The van der Waals surface area contributed by atoms with Crippen LogP contribution in [0.3, 0.4) is 0 Å². The molecule has 1 N–H and O–H groups in total. The highest BCUT2D eigenvalue weighted by Gasteiger charge is 2.33. The Morgan fingerprint density at radius 1 is 1.11 bits per heavy atom. The van der Waals surface area contributed by atoms with Gasteiger partial charge in [0.1, 0.15) is 18.1 Å². The number of ether oxygens (including phenoxy) is 3. The molecule has 0 bridgehead atoms. The van der Waals surface area contributed by atoms with Crippen LogP contribution < -0.4 is 14.2 Å². The van der Waals surface area contributed by atoms with Crippen molar-refractivity contribution in [1.29, 1.82) is 0 Å². The van der Waals surface area contributed by atoms with Crippen molar-refractivity contribution < 1.29 is 35.8 Å². The molecule has 0 amide bonds. The smallest absolute Gasteiger partial charge is 0.416 e. The molecule has 35 heavy (non-hydrogen) atoms. The number of nitrogens with one attached hydrogen (secondary N) is 1. The Morgan fingerprint density at radius 3 is 2.63 bits per heavy atom. The van der Waals surface area contributed by atoms with E-state index in [4.69, 9.17) is 14.2 Å². The van der Waals surface area contributed by atoms with Crippen LogP contribution in [0.5, 0.6) is 11.5 Å². The van der Waals surface area contributed by atoms with E-state index >= 15 is 0 Å². The van der Waals surface area contributed by atoms with E-state index in [1.165, 1.54) is 37.6 Å². The molecule has 12 heteroatoms. The lowest BCUT2D eigenvalue weighted by Crippen LogP contribution is -2.19. The van der Waals surface area contributed by atoms with Gasteiger partial charge in [-0.15, -0.1) is 5.10 Å². The van der Waals surface area contributed by atoms with E-state index in [0.717, 1.165) is 12.1 Å². The van der Waals surface area contributed by atoms with Crippen LogP contribution in [0.2, 0.25) is 0 Å². The van der Waals surface area contributed by atoms with Crippen molar-refractivity contribution in [2.75, 3.05) is 31.7 Å². The molecule has 0 unspecified atom stereocenters. The SMILES string of the molecule is COCCOc1cc(C(F)(F)F)ccc1[C@H]1CCOc2cc(S(=O)(=O)Nc3cccnn3)ccc21. The lowest BCUT2D eigenvalue weighted by atomic mass is 9.85. The first kappa shape index (κ1) is 24.7. The van der Waals surface area contributed by atoms with Gasteiger partial charge in [0, 0.05) is 36.4 Å². The van der Waals surface area contributed by atoms with Crippen molar-refractivity contribution in [3.05, 3.63) is 71.4 Å². The lowest BCUT2D eigenvalue weighted by molar-refractivity contribution is -0.137. The van der Waals surface area contributed by atoms with Crippen LogP contribution in [0.15, 0.2) is 59.6 Å². The summed E-state index contributed by atoms with van der Waals surface area (Å²) in [7, 11) is -2.50. The van der Waals surface area contributed by atoms with Crippen molar-refractivity contribution in [3.63, 3.8) is 0 Å². The minimum atomic E-state index is -4.52. The molecule has 0 aliphatic carbocycles. The predicted octanol–water partition coefficient (Wildman–Crippen LogP) is 4.24. The summed E-state index contributed by atoms with van der Waals surface area (Å²) < 4.78 is 84.2. The number of hydrogen-bond donors (Lipinski definition) is 1. The molecule has 1 aliphatic heterocycles. The Labute approximate surface area is 200 Å². The number of alkyl halides is 3. The van der Waals surface area contributed by atoms with Crippen LogP contribution in [-0.4, -0.2) is 45.5 Å². The maximum Gasteiger partial charge on any atom is 0.416 e. The molecule has 0 radical (unpaired) electrons. The van der Waals surface area contributed by atoms with Gasteiger partial charge in [-0.2, -0.15) is 18.3 Å². The quantitative estimate of drug-likeness (QED) is 0.454. The summed E-state index contributed by atoms with van der Waals surface area (Å²) in [6.45, 7) is 0.531. The molecular weight excluding hydrogens is 487 g/mol. The van der Waals surface area contributed by atoms with Gasteiger partial charge in [-0.1, -0.05) is 12.1 Å². The van der Waals surface area contributed by atoms with E-state index in [2.05, 4.69) is 14.9 Å². The third-order valence-corrected chi connectivity index (χ3v) is 6.76. The van der Waals surface area contributed by atoms with Crippen LogP contribution in [-0.2, 0) is 20.9 Å². The van der Waals surface area contributed by atoms with E-state index in [-0.39, 0.29) is 42.2 Å². The van der Waals surface area contributed by atoms with Crippen LogP contribution in [0.1, 0.15) is 29.0 Å². The monoisotopic (exact) mass is 509 g/mol. The van der Waals surface area contributed by atoms with E-state index in [9.17, 15) is 21.6 Å². The average Bonchev–Trinajstić information content (AvgIpc) is 2.83. The first-order valence-corrected chi connectivity index (χ1v) is 12.1. The number of nitrogens with zero attached hydrogens (tertiary/aromatic N) is 2. The minimum Gasteiger partial charge on any atom is -0.493 e. The normalized spacial score (nSPS) is 15.7. The molecule has 0 fully saturated rings. The first-order valence-electron chi connectivity index (χ1n) is 10.6. The number of rotatable bonds is 8. The molecule has 186 valence electrons. The van der Waals surface area contributed by atoms with Gasteiger partial charge in [0.25, 0.3) is 10.0 Å². The zero-order valence-corrected chi connectivity index (χ0v) is 19.4. The number of anilines is 1. The molecule has 4 rings (SSSR count). The van der Waals surface area contributed by atoms with Crippen molar-refractivity contribution in [1.82, 2.24) is 10.2 Å². The standard InChI is InChI=1S/C23H22F3N3O5S/c1-32-11-12-34-20-13-15(23(24,25)26)4-6-18(20)17-8-10-33-21-14-16(5-7-19(17)21)35(30,31)29-22-3-2-9-27-28-22/h2-7,9,13-14,17H,8,10-12H2,1H3,(H,28,29)/t17-/m1/s1. The molecular formula is C23H22F3N3O5S. The number of methoxy groups -OCH3 is 1. The molecule has 0 spiro atoms. The Bertz CT molecular complexity index is 1290. The molecule has 8 nitrogen and oxygen atoms in total. The highest BCUT2D eigenvalue weighted by atomic mass is 32.2. The molecule has 2 heterocycles.